The van der Waals surface area contributed by atoms with Crippen molar-refractivity contribution in [3.05, 3.63) is 35.9 Å². The highest BCUT2D eigenvalue weighted by atomic mass is 15.1. The molecule has 102 valence electrons. The van der Waals surface area contributed by atoms with Gasteiger partial charge in [-0.3, -0.25) is 0 Å². The minimum atomic E-state index is 0.486. The highest BCUT2D eigenvalue weighted by molar-refractivity contribution is 5.18. The fraction of sp³-hybridized carbons (Fsp3) is 0.625. The van der Waals surface area contributed by atoms with Gasteiger partial charge in [-0.1, -0.05) is 50.6 Å². The summed E-state index contributed by atoms with van der Waals surface area (Å²) in [7, 11) is 2.23. The lowest BCUT2D eigenvalue weighted by molar-refractivity contribution is 0.303. The van der Waals surface area contributed by atoms with Gasteiger partial charge < -0.3 is 10.2 Å². The van der Waals surface area contributed by atoms with Crippen LogP contribution in [0.25, 0.3) is 0 Å². The number of benzene rings is 1. The van der Waals surface area contributed by atoms with Gasteiger partial charge in [0, 0.05) is 6.04 Å². The van der Waals surface area contributed by atoms with Crippen molar-refractivity contribution in [2.75, 3.05) is 26.7 Å². The molecular formula is C16H28N2. The molecule has 0 heterocycles. The summed E-state index contributed by atoms with van der Waals surface area (Å²) in [6.45, 7) is 7.82. The summed E-state index contributed by atoms with van der Waals surface area (Å²) >= 11 is 0. The normalized spacial score (nSPS) is 12.9. The van der Waals surface area contributed by atoms with Crippen molar-refractivity contribution in [1.29, 1.82) is 0 Å². The molecule has 1 rings (SSSR count). The molecule has 0 fully saturated rings. The Morgan fingerprint density at radius 2 is 1.83 bits per heavy atom. The molecular weight excluding hydrogens is 220 g/mol. The summed E-state index contributed by atoms with van der Waals surface area (Å²) in [5, 5.41) is 3.58. The number of nitrogens with one attached hydrogen (secondary N) is 1. The molecule has 2 heteroatoms. The molecule has 0 aromatic heterocycles. The van der Waals surface area contributed by atoms with Crippen LogP contribution in [0.1, 0.15) is 44.7 Å². The van der Waals surface area contributed by atoms with Crippen LogP contribution in [-0.2, 0) is 0 Å². The van der Waals surface area contributed by atoms with Crippen molar-refractivity contribution in [1.82, 2.24) is 10.2 Å². The molecule has 0 spiro atoms. The average molecular weight is 248 g/mol. The minimum absolute atomic E-state index is 0.486. The third-order valence-corrected chi connectivity index (χ3v) is 3.35. The first-order valence-electron chi connectivity index (χ1n) is 7.24. The quantitative estimate of drug-likeness (QED) is 0.720. The molecule has 0 aliphatic rings. The summed E-state index contributed by atoms with van der Waals surface area (Å²) in [6, 6.07) is 11.3. The van der Waals surface area contributed by atoms with E-state index in [1.54, 1.807) is 0 Å². The number of hydrogen-bond donors (Lipinski definition) is 1. The zero-order valence-electron chi connectivity index (χ0n) is 12.2. The van der Waals surface area contributed by atoms with Gasteiger partial charge in [0.1, 0.15) is 0 Å². The second-order valence-corrected chi connectivity index (χ2v) is 4.97. The lowest BCUT2D eigenvalue weighted by Gasteiger charge is -2.22. The molecule has 18 heavy (non-hydrogen) atoms. The highest BCUT2D eigenvalue weighted by Crippen LogP contribution is 2.16. The Labute approximate surface area is 112 Å². The largest absolute Gasteiger partial charge is 0.310 e. The van der Waals surface area contributed by atoms with E-state index < -0.39 is 0 Å². The van der Waals surface area contributed by atoms with Crippen molar-refractivity contribution in [2.24, 2.45) is 0 Å². The molecule has 0 radical (unpaired) electrons. The molecule has 1 atom stereocenters. The maximum atomic E-state index is 3.58. The number of rotatable bonds is 9. The Balaban J connectivity index is 2.43. The van der Waals surface area contributed by atoms with E-state index in [0.717, 1.165) is 13.1 Å². The van der Waals surface area contributed by atoms with Crippen molar-refractivity contribution < 1.29 is 0 Å². The molecule has 1 aromatic carbocycles. The van der Waals surface area contributed by atoms with E-state index in [1.165, 1.54) is 31.4 Å². The second-order valence-electron chi connectivity index (χ2n) is 4.97. The van der Waals surface area contributed by atoms with Crippen molar-refractivity contribution in [3.8, 4) is 0 Å². The molecule has 0 saturated heterocycles. The Morgan fingerprint density at radius 1 is 1.11 bits per heavy atom. The van der Waals surface area contributed by atoms with E-state index in [0.29, 0.717) is 6.04 Å². The number of hydrogen-bond acceptors (Lipinski definition) is 2. The van der Waals surface area contributed by atoms with Crippen LogP contribution in [0.2, 0.25) is 0 Å². The summed E-state index contributed by atoms with van der Waals surface area (Å²) in [6.07, 6.45) is 3.76. The first-order chi connectivity index (χ1) is 8.77. The van der Waals surface area contributed by atoms with Crippen LogP contribution in [0.4, 0.5) is 0 Å². The lowest BCUT2D eigenvalue weighted by Crippen LogP contribution is -2.27. The summed E-state index contributed by atoms with van der Waals surface area (Å²) in [5.74, 6) is 0. The van der Waals surface area contributed by atoms with Crippen LogP contribution in [0.3, 0.4) is 0 Å². The maximum Gasteiger partial charge on any atom is 0.0332 e. The zero-order valence-corrected chi connectivity index (χ0v) is 12.2. The Bertz CT molecular complexity index is 297. The van der Waals surface area contributed by atoms with Crippen LogP contribution >= 0.6 is 0 Å². The highest BCUT2D eigenvalue weighted by Gasteiger charge is 2.10. The SMILES string of the molecule is CCCCN(C)CCC(NCC)c1ccccc1. The first kappa shape index (κ1) is 15.2. The van der Waals surface area contributed by atoms with Gasteiger partial charge >= 0.3 is 0 Å². The topological polar surface area (TPSA) is 15.3 Å². The van der Waals surface area contributed by atoms with E-state index in [2.05, 4.69) is 61.4 Å². The number of unbranched alkanes of at least 4 members (excludes halogenated alkanes) is 1. The average Bonchev–Trinajstić information content (AvgIpc) is 2.42. The van der Waals surface area contributed by atoms with Gasteiger partial charge in [0.2, 0.25) is 0 Å². The van der Waals surface area contributed by atoms with Gasteiger partial charge in [0.25, 0.3) is 0 Å². The Morgan fingerprint density at radius 3 is 2.44 bits per heavy atom. The second kappa shape index (κ2) is 9.12. The molecule has 0 saturated carbocycles. The predicted octanol–water partition coefficient (Wildman–Crippen LogP) is 3.46. The van der Waals surface area contributed by atoms with Crippen LogP contribution in [0.5, 0.6) is 0 Å². The third-order valence-electron chi connectivity index (χ3n) is 3.35. The molecule has 0 bridgehead atoms. The summed E-state index contributed by atoms with van der Waals surface area (Å²) in [4.78, 5) is 2.44. The lowest BCUT2D eigenvalue weighted by atomic mass is 10.0. The first-order valence-corrected chi connectivity index (χ1v) is 7.24. The van der Waals surface area contributed by atoms with Gasteiger partial charge in [-0.05, 0) is 45.1 Å². The van der Waals surface area contributed by atoms with Gasteiger partial charge in [-0.2, -0.15) is 0 Å². The van der Waals surface area contributed by atoms with E-state index >= 15 is 0 Å². The van der Waals surface area contributed by atoms with Crippen LogP contribution in [0.15, 0.2) is 30.3 Å². The monoisotopic (exact) mass is 248 g/mol. The third kappa shape index (κ3) is 5.65. The zero-order chi connectivity index (χ0) is 13.2. The van der Waals surface area contributed by atoms with Crippen LogP contribution in [0, 0.1) is 0 Å². The molecule has 0 amide bonds. The standard InChI is InChI=1S/C16H28N2/c1-4-6-13-18(3)14-12-16(17-5-2)15-10-8-7-9-11-15/h7-11,16-17H,4-6,12-14H2,1-3H3. The Hall–Kier alpha value is -0.860. The van der Waals surface area contributed by atoms with Gasteiger partial charge in [0.05, 0.1) is 0 Å². The Kier molecular flexibility index (Phi) is 7.70. The molecule has 1 aromatic rings. The summed E-state index contributed by atoms with van der Waals surface area (Å²) < 4.78 is 0. The molecule has 1 unspecified atom stereocenters. The van der Waals surface area contributed by atoms with E-state index in [-0.39, 0.29) is 0 Å². The van der Waals surface area contributed by atoms with Gasteiger partial charge in [-0.15, -0.1) is 0 Å². The predicted molar refractivity (Wildman–Crippen MR) is 79.9 cm³/mol. The number of nitrogens with zero attached hydrogens (tertiary/aromatic N) is 1. The van der Waals surface area contributed by atoms with Crippen molar-refractivity contribution in [3.63, 3.8) is 0 Å². The molecule has 1 N–H and O–H groups in total. The molecule has 2 nitrogen and oxygen atoms in total. The van der Waals surface area contributed by atoms with Gasteiger partial charge in [0.15, 0.2) is 0 Å². The summed E-state index contributed by atoms with van der Waals surface area (Å²) in [5.41, 5.74) is 1.41. The molecule has 0 aliphatic heterocycles. The minimum Gasteiger partial charge on any atom is -0.310 e. The van der Waals surface area contributed by atoms with E-state index in [1.807, 2.05) is 0 Å². The van der Waals surface area contributed by atoms with E-state index in [9.17, 15) is 0 Å². The van der Waals surface area contributed by atoms with Crippen LogP contribution < -0.4 is 5.32 Å². The smallest absolute Gasteiger partial charge is 0.0332 e. The molecule has 0 aliphatic carbocycles. The van der Waals surface area contributed by atoms with E-state index in [4.69, 9.17) is 0 Å². The van der Waals surface area contributed by atoms with Gasteiger partial charge in [-0.25, -0.2) is 0 Å². The fourth-order valence-corrected chi connectivity index (χ4v) is 2.21. The van der Waals surface area contributed by atoms with Crippen molar-refractivity contribution >= 4 is 0 Å². The maximum absolute atomic E-state index is 3.58. The fourth-order valence-electron chi connectivity index (χ4n) is 2.21. The van der Waals surface area contributed by atoms with Crippen LogP contribution in [-0.4, -0.2) is 31.6 Å². The van der Waals surface area contributed by atoms with Crippen molar-refractivity contribution in [2.45, 2.75) is 39.2 Å².